The first-order valence-corrected chi connectivity index (χ1v) is 7.30. The lowest BCUT2D eigenvalue weighted by molar-refractivity contribution is 0.340. The highest BCUT2D eigenvalue weighted by Crippen LogP contribution is 2.33. The number of benzene rings is 1. The Labute approximate surface area is 141 Å². The van der Waals surface area contributed by atoms with Crippen molar-refractivity contribution < 1.29 is 4.74 Å². The highest BCUT2D eigenvalue weighted by Gasteiger charge is 2.08. The predicted octanol–water partition coefficient (Wildman–Crippen LogP) is 3.57. The van der Waals surface area contributed by atoms with Gasteiger partial charge in [0.2, 0.25) is 0 Å². The Morgan fingerprint density at radius 3 is 2.68 bits per heavy atom. The van der Waals surface area contributed by atoms with Crippen LogP contribution in [0.2, 0.25) is 15.1 Å². The van der Waals surface area contributed by atoms with Gasteiger partial charge in [0.1, 0.15) is 10.7 Å². The first-order valence-electron chi connectivity index (χ1n) is 6.17. The van der Waals surface area contributed by atoms with Crippen molar-refractivity contribution in [3.8, 4) is 5.75 Å². The maximum absolute atomic E-state index is 11.3. The monoisotopic (exact) mass is 360 g/mol. The van der Waals surface area contributed by atoms with Gasteiger partial charge in [-0.15, -0.1) is 0 Å². The van der Waals surface area contributed by atoms with Crippen LogP contribution in [-0.4, -0.2) is 23.0 Å². The number of aromatic amines is 1. The molecule has 0 amide bonds. The number of rotatable bonds is 5. The molecule has 0 radical (unpaired) electrons. The summed E-state index contributed by atoms with van der Waals surface area (Å²) in [4.78, 5) is 11.3. The molecule has 1 aromatic carbocycles. The van der Waals surface area contributed by atoms with E-state index in [0.29, 0.717) is 28.0 Å². The number of hydrogen-bond acceptors (Lipinski definition) is 5. The topological polar surface area (TPSA) is 79.4 Å². The minimum atomic E-state index is -0.506. The van der Waals surface area contributed by atoms with Crippen molar-refractivity contribution in [1.29, 1.82) is 0 Å². The standard InChI is InChI=1S/C13H11Cl3N4O2/c1-2-22-12-8(14)3-7(4-9(12)15)5-17-19-10-6-18-20-13(21)11(10)16/h3-6H,2H2,1H3,(H2,19,20,21)/b17-5-. The summed E-state index contributed by atoms with van der Waals surface area (Å²) < 4.78 is 5.34. The molecule has 0 saturated carbocycles. The zero-order chi connectivity index (χ0) is 16.1. The molecular weight excluding hydrogens is 351 g/mol. The van der Waals surface area contributed by atoms with Gasteiger partial charge in [0, 0.05) is 0 Å². The first kappa shape index (κ1) is 16.6. The van der Waals surface area contributed by atoms with Crippen LogP contribution in [0.5, 0.6) is 5.75 Å². The predicted molar refractivity (Wildman–Crippen MR) is 88.7 cm³/mol. The molecule has 0 unspecified atom stereocenters. The fraction of sp³-hybridized carbons (Fsp3) is 0.154. The molecular formula is C13H11Cl3N4O2. The third-order valence-corrected chi connectivity index (χ3v) is 3.44. The maximum atomic E-state index is 11.3. The van der Waals surface area contributed by atoms with E-state index in [0.717, 1.165) is 0 Å². The van der Waals surface area contributed by atoms with Crippen LogP contribution >= 0.6 is 34.8 Å². The van der Waals surface area contributed by atoms with Crippen LogP contribution in [0.15, 0.2) is 28.2 Å². The first-order chi connectivity index (χ1) is 10.5. The molecule has 0 spiro atoms. The van der Waals surface area contributed by atoms with Crippen LogP contribution in [0.4, 0.5) is 5.69 Å². The molecule has 9 heteroatoms. The maximum Gasteiger partial charge on any atom is 0.285 e. The minimum Gasteiger partial charge on any atom is -0.491 e. The molecule has 1 heterocycles. The third kappa shape index (κ3) is 3.91. The summed E-state index contributed by atoms with van der Waals surface area (Å²) in [5, 5.41) is 10.5. The summed E-state index contributed by atoms with van der Waals surface area (Å²) in [6.45, 7) is 2.30. The van der Waals surface area contributed by atoms with Gasteiger partial charge in [-0.3, -0.25) is 10.2 Å². The molecule has 116 valence electrons. The van der Waals surface area contributed by atoms with Gasteiger partial charge in [0.15, 0.2) is 5.75 Å². The second-order valence-electron chi connectivity index (χ2n) is 4.04. The average Bonchev–Trinajstić information content (AvgIpc) is 2.47. The number of nitrogens with one attached hydrogen (secondary N) is 2. The smallest absolute Gasteiger partial charge is 0.285 e. The quantitative estimate of drug-likeness (QED) is 0.630. The molecule has 0 aliphatic carbocycles. The van der Waals surface area contributed by atoms with Crippen molar-refractivity contribution in [3.63, 3.8) is 0 Å². The highest BCUT2D eigenvalue weighted by atomic mass is 35.5. The van der Waals surface area contributed by atoms with Gasteiger partial charge in [0.25, 0.3) is 5.56 Å². The van der Waals surface area contributed by atoms with E-state index in [2.05, 4.69) is 20.7 Å². The van der Waals surface area contributed by atoms with E-state index in [9.17, 15) is 4.79 Å². The zero-order valence-corrected chi connectivity index (χ0v) is 13.6. The largest absolute Gasteiger partial charge is 0.491 e. The van der Waals surface area contributed by atoms with Crippen LogP contribution in [0.1, 0.15) is 12.5 Å². The Morgan fingerprint density at radius 1 is 1.36 bits per heavy atom. The van der Waals surface area contributed by atoms with E-state index < -0.39 is 5.56 Å². The second kappa shape index (κ2) is 7.49. The lowest BCUT2D eigenvalue weighted by atomic mass is 10.2. The summed E-state index contributed by atoms with van der Waals surface area (Å²) in [5.41, 5.74) is 3.05. The van der Waals surface area contributed by atoms with Gasteiger partial charge in [-0.2, -0.15) is 10.2 Å². The van der Waals surface area contributed by atoms with Gasteiger partial charge < -0.3 is 4.74 Å². The van der Waals surface area contributed by atoms with Gasteiger partial charge in [-0.05, 0) is 24.6 Å². The fourth-order valence-electron chi connectivity index (χ4n) is 1.57. The third-order valence-electron chi connectivity index (χ3n) is 2.50. The Morgan fingerprint density at radius 2 is 2.05 bits per heavy atom. The molecule has 1 aromatic heterocycles. The van der Waals surface area contributed by atoms with Crippen LogP contribution in [0.3, 0.4) is 0 Å². The normalized spacial score (nSPS) is 10.9. The molecule has 2 aromatic rings. The number of nitrogens with zero attached hydrogens (tertiary/aromatic N) is 2. The number of halogens is 3. The molecule has 0 saturated heterocycles. The Hall–Kier alpha value is -1.76. The van der Waals surface area contributed by atoms with Gasteiger partial charge >= 0.3 is 0 Å². The number of aromatic nitrogens is 2. The SMILES string of the molecule is CCOc1c(Cl)cc(/C=N\Nc2cn[nH]c(=O)c2Cl)cc1Cl. The summed E-state index contributed by atoms with van der Waals surface area (Å²) in [6.07, 6.45) is 2.82. The van der Waals surface area contributed by atoms with Gasteiger partial charge in [0.05, 0.1) is 29.1 Å². The van der Waals surface area contributed by atoms with Gasteiger partial charge in [-0.1, -0.05) is 34.8 Å². The number of ether oxygens (including phenoxy) is 1. The zero-order valence-electron chi connectivity index (χ0n) is 11.4. The summed E-state index contributed by atoms with van der Waals surface area (Å²) in [6, 6.07) is 3.31. The number of hydrazone groups is 1. The average molecular weight is 362 g/mol. The van der Waals surface area contributed by atoms with Crippen molar-refractivity contribution in [2.24, 2.45) is 5.10 Å². The van der Waals surface area contributed by atoms with Crippen LogP contribution in [0.25, 0.3) is 0 Å². The lowest BCUT2D eigenvalue weighted by Gasteiger charge is -2.08. The molecule has 0 bridgehead atoms. The Balaban J connectivity index is 2.17. The second-order valence-corrected chi connectivity index (χ2v) is 5.24. The Kier molecular flexibility index (Phi) is 5.65. The molecule has 22 heavy (non-hydrogen) atoms. The number of anilines is 1. The van der Waals surface area contributed by atoms with Crippen molar-refractivity contribution in [1.82, 2.24) is 10.2 Å². The molecule has 0 aliphatic rings. The van der Waals surface area contributed by atoms with Crippen molar-refractivity contribution in [2.75, 3.05) is 12.0 Å². The summed E-state index contributed by atoms with van der Waals surface area (Å²) in [7, 11) is 0. The fourth-order valence-corrected chi connectivity index (χ4v) is 2.32. The van der Waals surface area contributed by atoms with Crippen LogP contribution in [0, 0.1) is 0 Å². The molecule has 6 nitrogen and oxygen atoms in total. The van der Waals surface area contributed by atoms with Crippen molar-refractivity contribution in [3.05, 3.63) is 49.3 Å². The molecule has 0 atom stereocenters. The van der Waals surface area contributed by atoms with Crippen molar-refractivity contribution in [2.45, 2.75) is 6.92 Å². The van der Waals surface area contributed by atoms with E-state index in [4.69, 9.17) is 39.5 Å². The number of H-pyrrole nitrogens is 1. The molecule has 2 rings (SSSR count). The molecule has 0 fully saturated rings. The molecule has 2 N–H and O–H groups in total. The summed E-state index contributed by atoms with van der Waals surface area (Å²) >= 11 is 18.0. The van der Waals surface area contributed by atoms with E-state index >= 15 is 0 Å². The molecule has 0 aliphatic heterocycles. The highest BCUT2D eigenvalue weighted by molar-refractivity contribution is 6.37. The van der Waals surface area contributed by atoms with Gasteiger partial charge in [-0.25, -0.2) is 5.10 Å². The van der Waals surface area contributed by atoms with E-state index in [-0.39, 0.29) is 10.7 Å². The minimum absolute atomic E-state index is 0.0325. The van der Waals surface area contributed by atoms with Crippen molar-refractivity contribution >= 4 is 46.7 Å². The number of hydrogen-bond donors (Lipinski definition) is 2. The van der Waals surface area contributed by atoms with Crippen LogP contribution < -0.4 is 15.7 Å². The van der Waals surface area contributed by atoms with E-state index in [1.165, 1.54) is 12.4 Å². The van der Waals surface area contributed by atoms with E-state index in [1.54, 1.807) is 12.1 Å². The lowest BCUT2D eigenvalue weighted by Crippen LogP contribution is -2.10. The van der Waals surface area contributed by atoms with Crippen LogP contribution in [-0.2, 0) is 0 Å². The Bertz CT molecular complexity index is 738. The van der Waals surface area contributed by atoms with E-state index in [1.807, 2.05) is 6.92 Å². The summed E-state index contributed by atoms with van der Waals surface area (Å²) in [5.74, 6) is 0.429.